The van der Waals surface area contributed by atoms with Crippen LogP contribution in [0.5, 0.6) is 0 Å². The maximum absolute atomic E-state index is 10.3. The highest BCUT2D eigenvalue weighted by atomic mass is 16.6. The largest absolute Gasteiger partial charge is 0.478 e. The number of benzene rings is 2. The van der Waals surface area contributed by atoms with Gasteiger partial charge in [-0.05, 0) is 24.3 Å². The van der Waals surface area contributed by atoms with Crippen LogP contribution in [0.15, 0.2) is 48.5 Å². The fourth-order valence-corrected chi connectivity index (χ4v) is 1.45. The van der Waals surface area contributed by atoms with Gasteiger partial charge in [0, 0.05) is 24.3 Å². The molecule has 0 atom stereocenters. The van der Waals surface area contributed by atoms with E-state index in [0.717, 1.165) is 24.3 Å². The summed E-state index contributed by atoms with van der Waals surface area (Å²) in [6.45, 7) is 0. The van der Waals surface area contributed by atoms with Gasteiger partial charge in [0.15, 0.2) is 0 Å². The fourth-order valence-electron chi connectivity index (χ4n) is 1.45. The van der Waals surface area contributed by atoms with Gasteiger partial charge in [-0.1, -0.05) is 0 Å². The Morgan fingerprint density at radius 1 is 0.667 bits per heavy atom. The molecule has 0 bridgehead atoms. The minimum atomic E-state index is -1.06. The zero-order valence-corrected chi connectivity index (χ0v) is 11.9. The monoisotopic (exact) mass is 334 g/mol. The molecular weight excluding hydrogens is 324 g/mol. The third-order valence-electron chi connectivity index (χ3n) is 2.65. The summed E-state index contributed by atoms with van der Waals surface area (Å²) in [6.07, 6.45) is 0. The normalized spacial score (nSPS) is 9.33. The Kier molecular flexibility index (Phi) is 6.06. The summed E-state index contributed by atoms with van der Waals surface area (Å²) in [4.78, 5) is 39.7. The van der Waals surface area contributed by atoms with Gasteiger partial charge in [-0.2, -0.15) is 0 Å². The number of rotatable bonds is 4. The lowest BCUT2D eigenvalue weighted by Gasteiger charge is -1.94. The van der Waals surface area contributed by atoms with Crippen molar-refractivity contribution < 1.29 is 29.6 Å². The number of carboxylic acid groups (broad SMARTS) is 2. The lowest BCUT2D eigenvalue weighted by Crippen LogP contribution is -1.99. The van der Waals surface area contributed by atoms with Crippen molar-refractivity contribution in [2.45, 2.75) is 0 Å². The van der Waals surface area contributed by atoms with Gasteiger partial charge in [0.05, 0.1) is 21.0 Å². The van der Waals surface area contributed by atoms with Crippen LogP contribution in [0.4, 0.5) is 11.4 Å². The van der Waals surface area contributed by atoms with Crippen LogP contribution in [0.25, 0.3) is 0 Å². The van der Waals surface area contributed by atoms with Gasteiger partial charge in [0.1, 0.15) is 0 Å². The minimum absolute atomic E-state index is 0.0833. The van der Waals surface area contributed by atoms with Gasteiger partial charge in [-0.25, -0.2) is 9.59 Å². The summed E-state index contributed by atoms with van der Waals surface area (Å²) >= 11 is 0. The Balaban J connectivity index is 0.000000240. The molecular formula is C14H10N2O8. The standard InChI is InChI=1S/C8H6O4.C6H4N2O4/c2*9-7(10)5-1-2-6(4-3-5)8(11)12/h1-4H,(H,9,10)(H,11,12);1-4H. The van der Waals surface area contributed by atoms with Crippen LogP contribution in [-0.2, 0) is 0 Å². The second-order valence-electron chi connectivity index (χ2n) is 4.22. The molecule has 0 spiro atoms. The first-order valence-corrected chi connectivity index (χ1v) is 6.18. The molecule has 0 aliphatic carbocycles. The van der Waals surface area contributed by atoms with Crippen molar-refractivity contribution in [3.8, 4) is 0 Å². The third-order valence-corrected chi connectivity index (χ3v) is 2.65. The van der Waals surface area contributed by atoms with E-state index in [1.54, 1.807) is 0 Å². The number of nitrogens with zero attached hydrogens (tertiary/aromatic N) is 2. The molecule has 2 aromatic carbocycles. The van der Waals surface area contributed by atoms with Crippen LogP contribution in [0.3, 0.4) is 0 Å². The number of nitro groups is 2. The quantitative estimate of drug-likeness (QED) is 0.636. The van der Waals surface area contributed by atoms with Crippen molar-refractivity contribution in [1.29, 1.82) is 0 Å². The van der Waals surface area contributed by atoms with Gasteiger partial charge >= 0.3 is 11.9 Å². The average molecular weight is 334 g/mol. The van der Waals surface area contributed by atoms with E-state index < -0.39 is 21.8 Å². The molecule has 0 fully saturated rings. The van der Waals surface area contributed by atoms with Crippen molar-refractivity contribution in [1.82, 2.24) is 0 Å². The molecule has 0 heterocycles. The summed E-state index contributed by atoms with van der Waals surface area (Å²) in [7, 11) is 0. The average Bonchev–Trinajstić information content (AvgIpc) is 2.55. The van der Waals surface area contributed by atoms with E-state index in [1.807, 2.05) is 0 Å². The molecule has 24 heavy (non-hydrogen) atoms. The molecule has 0 saturated carbocycles. The van der Waals surface area contributed by atoms with Crippen LogP contribution < -0.4 is 0 Å². The fraction of sp³-hybridized carbons (Fsp3) is 0. The van der Waals surface area contributed by atoms with Crippen molar-refractivity contribution >= 4 is 23.3 Å². The predicted molar refractivity (Wildman–Crippen MR) is 80.1 cm³/mol. The molecule has 124 valence electrons. The van der Waals surface area contributed by atoms with Gasteiger partial charge < -0.3 is 10.2 Å². The number of hydrogen-bond acceptors (Lipinski definition) is 6. The molecule has 0 radical (unpaired) electrons. The van der Waals surface area contributed by atoms with E-state index in [2.05, 4.69) is 0 Å². The highest BCUT2D eigenvalue weighted by Crippen LogP contribution is 2.16. The van der Waals surface area contributed by atoms with Crippen LogP contribution in [-0.4, -0.2) is 32.0 Å². The highest BCUT2D eigenvalue weighted by Gasteiger charge is 2.09. The van der Waals surface area contributed by atoms with Gasteiger partial charge in [0.25, 0.3) is 11.4 Å². The molecule has 0 unspecified atom stereocenters. The Morgan fingerprint density at radius 3 is 1.08 bits per heavy atom. The number of carbonyl (C=O) groups is 2. The first-order chi connectivity index (χ1) is 11.2. The van der Waals surface area contributed by atoms with E-state index in [1.165, 1.54) is 24.3 Å². The lowest BCUT2D eigenvalue weighted by molar-refractivity contribution is -0.389. The number of non-ortho nitro benzene ring substituents is 2. The maximum atomic E-state index is 10.3. The van der Waals surface area contributed by atoms with Crippen molar-refractivity contribution in [3.63, 3.8) is 0 Å². The molecule has 2 rings (SSSR count). The maximum Gasteiger partial charge on any atom is 0.335 e. The lowest BCUT2D eigenvalue weighted by atomic mass is 10.1. The molecule has 0 aliphatic rings. The van der Waals surface area contributed by atoms with Crippen molar-refractivity contribution in [3.05, 3.63) is 79.9 Å². The van der Waals surface area contributed by atoms with Crippen LogP contribution in [0.2, 0.25) is 0 Å². The summed E-state index contributed by atoms with van der Waals surface area (Å²) in [6, 6.07) is 9.40. The molecule has 10 heteroatoms. The Hall–Kier alpha value is -3.82. The topological polar surface area (TPSA) is 161 Å². The number of carboxylic acids is 2. The van der Waals surface area contributed by atoms with Crippen LogP contribution >= 0.6 is 0 Å². The van der Waals surface area contributed by atoms with Gasteiger partial charge in [0.2, 0.25) is 0 Å². The summed E-state index contributed by atoms with van der Waals surface area (Å²) in [5.41, 5.74) is -0.138. The van der Waals surface area contributed by atoms with E-state index in [0.29, 0.717) is 0 Å². The van der Waals surface area contributed by atoms with Crippen molar-refractivity contribution in [2.75, 3.05) is 0 Å². The number of nitro benzene ring substituents is 2. The van der Waals surface area contributed by atoms with E-state index in [-0.39, 0.29) is 22.5 Å². The van der Waals surface area contributed by atoms with Gasteiger partial charge in [-0.15, -0.1) is 0 Å². The first kappa shape index (κ1) is 18.2. The van der Waals surface area contributed by atoms with E-state index in [9.17, 15) is 29.8 Å². The molecule has 2 N–H and O–H groups in total. The Bertz CT molecular complexity index is 635. The minimum Gasteiger partial charge on any atom is -0.478 e. The van der Waals surface area contributed by atoms with Gasteiger partial charge in [-0.3, -0.25) is 20.2 Å². The molecule has 0 aliphatic heterocycles. The summed E-state index contributed by atoms with van der Waals surface area (Å²) in [5.74, 6) is -2.13. The van der Waals surface area contributed by atoms with Crippen LogP contribution in [0, 0.1) is 20.2 Å². The van der Waals surface area contributed by atoms with Crippen LogP contribution in [0.1, 0.15) is 20.7 Å². The smallest absolute Gasteiger partial charge is 0.335 e. The Labute approximate surface area is 133 Å². The van der Waals surface area contributed by atoms with E-state index in [4.69, 9.17) is 10.2 Å². The molecule has 2 aromatic rings. The molecule has 0 amide bonds. The summed E-state index contributed by atoms with van der Waals surface area (Å²) in [5, 5.41) is 37.2. The second kappa shape index (κ2) is 7.98. The third kappa shape index (κ3) is 5.18. The second-order valence-corrected chi connectivity index (χ2v) is 4.22. The molecule has 0 saturated heterocycles. The predicted octanol–water partition coefficient (Wildman–Crippen LogP) is 2.59. The first-order valence-electron chi connectivity index (χ1n) is 6.18. The zero-order chi connectivity index (χ0) is 18.3. The molecule has 0 aromatic heterocycles. The van der Waals surface area contributed by atoms with E-state index >= 15 is 0 Å². The number of hydrogen-bond donors (Lipinski definition) is 2. The zero-order valence-electron chi connectivity index (χ0n) is 11.9. The molecule has 10 nitrogen and oxygen atoms in total. The SMILES string of the molecule is O=C(O)c1ccc(C(=O)O)cc1.O=[N+]([O-])c1ccc([N+](=O)[O-])cc1. The highest BCUT2D eigenvalue weighted by molar-refractivity contribution is 5.91. The Morgan fingerprint density at radius 2 is 0.917 bits per heavy atom. The summed E-state index contributed by atoms with van der Waals surface area (Å²) < 4.78 is 0. The number of aromatic carboxylic acids is 2. The van der Waals surface area contributed by atoms with Crippen molar-refractivity contribution in [2.24, 2.45) is 0 Å².